The Labute approximate surface area is 129 Å². The van der Waals surface area contributed by atoms with Crippen LogP contribution in [0, 0.1) is 5.92 Å². The summed E-state index contributed by atoms with van der Waals surface area (Å²) in [5.74, 6) is 0.609. The standard InChI is InChI=1S/C16H23BrN2O/c1-2-15(11-6-4-3-5-7-11)19-16(20)12-8-13(17)10-14(18)9-12/h8-11,15H,2-7,18H2,1H3,(H,19,20). The highest BCUT2D eigenvalue weighted by Crippen LogP contribution is 2.28. The van der Waals surface area contributed by atoms with Gasteiger partial charge in [0.2, 0.25) is 0 Å². The van der Waals surface area contributed by atoms with Gasteiger partial charge in [-0.25, -0.2) is 0 Å². The molecule has 1 unspecified atom stereocenters. The van der Waals surface area contributed by atoms with Gasteiger partial charge in [-0.3, -0.25) is 4.79 Å². The quantitative estimate of drug-likeness (QED) is 0.811. The minimum Gasteiger partial charge on any atom is -0.399 e. The van der Waals surface area contributed by atoms with Gasteiger partial charge in [0.05, 0.1) is 0 Å². The molecule has 3 nitrogen and oxygen atoms in total. The van der Waals surface area contributed by atoms with Crippen LogP contribution in [0.2, 0.25) is 0 Å². The van der Waals surface area contributed by atoms with E-state index >= 15 is 0 Å². The van der Waals surface area contributed by atoms with E-state index in [1.54, 1.807) is 12.1 Å². The number of halogens is 1. The first kappa shape index (κ1) is 15.4. The van der Waals surface area contributed by atoms with Crippen molar-refractivity contribution in [2.24, 2.45) is 5.92 Å². The van der Waals surface area contributed by atoms with Gasteiger partial charge < -0.3 is 11.1 Å². The molecule has 0 spiro atoms. The molecule has 4 heteroatoms. The van der Waals surface area contributed by atoms with Crippen LogP contribution < -0.4 is 11.1 Å². The molecule has 0 radical (unpaired) electrons. The molecule has 2 rings (SSSR count). The number of benzene rings is 1. The maximum absolute atomic E-state index is 12.4. The van der Waals surface area contributed by atoms with E-state index in [1.165, 1.54) is 32.1 Å². The summed E-state index contributed by atoms with van der Waals surface area (Å²) in [4.78, 5) is 12.4. The third-order valence-corrected chi connectivity index (χ3v) is 4.62. The van der Waals surface area contributed by atoms with E-state index in [2.05, 4.69) is 28.2 Å². The van der Waals surface area contributed by atoms with E-state index in [1.807, 2.05) is 6.07 Å². The van der Waals surface area contributed by atoms with Crippen LogP contribution in [-0.2, 0) is 0 Å². The lowest BCUT2D eigenvalue weighted by Crippen LogP contribution is -2.40. The zero-order chi connectivity index (χ0) is 14.5. The van der Waals surface area contributed by atoms with Gasteiger partial charge in [-0.2, -0.15) is 0 Å². The summed E-state index contributed by atoms with van der Waals surface area (Å²) >= 11 is 3.38. The predicted molar refractivity (Wildman–Crippen MR) is 86.7 cm³/mol. The van der Waals surface area contributed by atoms with Crippen molar-refractivity contribution in [3.63, 3.8) is 0 Å². The first-order valence-corrected chi connectivity index (χ1v) is 8.26. The number of carbonyl (C=O) groups excluding carboxylic acids is 1. The van der Waals surface area contributed by atoms with Crippen molar-refractivity contribution in [1.82, 2.24) is 5.32 Å². The Morgan fingerprint density at radius 3 is 2.65 bits per heavy atom. The van der Waals surface area contributed by atoms with Crippen LogP contribution in [-0.4, -0.2) is 11.9 Å². The fraction of sp³-hybridized carbons (Fsp3) is 0.562. The molecule has 1 fully saturated rings. The number of hydrogen-bond donors (Lipinski definition) is 2. The predicted octanol–water partition coefficient (Wildman–Crippen LogP) is 4.12. The van der Waals surface area contributed by atoms with Crippen molar-refractivity contribution in [2.75, 3.05) is 5.73 Å². The highest BCUT2D eigenvalue weighted by molar-refractivity contribution is 9.10. The molecule has 0 heterocycles. The van der Waals surface area contributed by atoms with Gasteiger partial charge in [0.1, 0.15) is 0 Å². The van der Waals surface area contributed by atoms with Gasteiger partial charge in [0.25, 0.3) is 5.91 Å². The normalized spacial score (nSPS) is 17.7. The van der Waals surface area contributed by atoms with E-state index in [0.717, 1.165) is 10.9 Å². The number of nitrogen functional groups attached to an aromatic ring is 1. The summed E-state index contributed by atoms with van der Waals surface area (Å²) in [6.45, 7) is 2.15. The second-order valence-electron chi connectivity index (χ2n) is 5.66. The minimum atomic E-state index is -0.0181. The summed E-state index contributed by atoms with van der Waals surface area (Å²) in [5, 5.41) is 3.19. The van der Waals surface area contributed by atoms with Crippen LogP contribution in [0.4, 0.5) is 5.69 Å². The second-order valence-corrected chi connectivity index (χ2v) is 6.58. The summed E-state index contributed by atoms with van der Waals surface area (Å²) < 4.78 is 0.841. The summed E-state index contributed by atoms with van der Waals surface area (Å²) in [7, 11) is 0. The SMILES string of the molecule is CCC(NC(=O)c1cc(N)cc(Br)c1)C1CCCCC1. The molecule has 1 aromatic rings. The lowest BCUT2D eigenvalue weighted by atomic mass is 9.83. The van der Waals surface area contributed by atoms with Crippen LogP contribution >= 0.6 is 15.9 Å². The van der Waals surface area contributed by atoms with Crippen molar-refractivity contribution in [3.05, 3.63) is 28.2 Å². The van der Waals surface area contributed by atoms with Gasteiger partial charge in [0, 0.05) is 21.8 Å². The zero-order valence-corrected chi connectivity index (χ0v) is 13.6. The highest BCUT2D eigenvalue weighted by atomic mass is 79.9. The molecular formula is C16H23BrN2O. The van der Waals surface area contributed by atoms with Gasteiger partial charge in [-0.15, -0.1) is 0 Å². The topological polar surface area (TPSA) is 55.1 Å². The first-order valence-electron chi connectivity index (χ1n) is 7.47. The molecule has 110 valence electrons. The lowest BCUT2D eigenvalue weighted by Gasteiger charge is -2.30. The molecule has 1 amide bonds. The number of hydrogen-bond acceptors (Lipinski definition) is 2. The summed E-state index contributed by atoms with van der Waals surface area (Å²) in [6, 6.07) is 5.63. The molecule has 0 aromatic heterocycles. The Morgan fingerprint density at radius 2 is 2.05 bits per heavy atom. The van der Waals surface area contributed by atoms with Crippen molar-refractivity contribution in [3.8, 4) is 0 Å². The molecule has 0 saturated heterocycles. The number of anilines is 1. The molecule has 1 aliphatic rings. The highest BCUT2D eigenvalue weighted by Gasteiger charge is 2.24. The van der Waals surface area contributed by atoms with Gasteiger partial charge in [-0.1, -0.05) is 42.1 Å². The van der Waals surface area contributed by atoms with Crippen molar-refractivity contribution in [1.29, 1.82) is 0 Å². The zero-order valence-electron chi connectivity index (χ0n) is 12.0. The molecule has 20 heavy (non-hydrogen) atoms. The fourth-order valence-corrected chi connectivity index (χ4v) is 3.60. The number of carbonyl (C=O) groups is 1. The number of amides is 1. The summed E-state index contributed by atoms with van der Waals surface area (Å²) in [6.07, 6.45) is 7.38. The van der Waals surface area contributed by atoms with Crippen LogP contribution in [0.1, 0.15) is 55.8 Å². The molecule has 1 aliphatic carbocycles. The van der Waals surface area contributed by atoms with E-state index in [0.29, 0.717) is 17.2 Å². The van der Waals surface area contributed by atoms with Gasteiger partial charge >= 0.3 is 0 Å². The maximum Gasteiger partial charge on any atom is 0.251 e. The van der Waals surface area contributed by atoms with Crippen LogP contribution in [0.3, 0.4) is 0 Å². The smallest absolute Gasteiger partial charge is 0.251 e. The van der Waals surface area contributed by atoms with E-state index < -0.39 is 0 Å². The van der Waals surface area contributed by atoms with E-state index in [-0.39, 0.29) is 11.9 Å². The molecule has 1 saturated carbocycles. The van der Waals surface area contributed by atoms with Crippen LogP contribution in [0.15, 0.2) is 22.7 Å². The molecular weight excluding hydrogens is 316 g/mol. The van der Waals surface area contributed by atoms with E-state index in [4.69, 9.17) is 5.73 Å². The maximum atomic E-state index is 12.4. The Balaban J connectivity index is 2.04. The molecule has 3 N–H and O–H groups in total. The first-order chi connectivity index (χ1) is 9.60. The van der Waals surface area contributed by atoms with E-state index in [9.17, 15) is 4.79 Å². The van der Waals surface area contributed by atoms with Crippen LogP contribution in [0.5, 0.6) is 0 Å². The molecule has 0 bridgehead atoms. The Morgan fingerprint density at radius 1 is 1.35 bits per heavy atom. The largest absolute Gasteiger partial charge is 0.399 e. The van der Waals surface area contributed by atoms with Crippen molar-refractivity contribution >= 4 is 27.5 Å². The summed E-state index contributed by atoms with van der Waals surface area (Å²) in [5.41, 5.74) is 7.03. The Bertz CT molecular complexity index is 449. The number of nitrogens with two attached hydrogens (primary N) is 1. The monoisotopic (exact) mass is 338 g/mol. The number of rotatable bonds is 4. The van der Waals surface area contributed by atoms with Crippen LogP contribution in [0.25, 0.3) is 0 Å². The third kappa shape index (κ3) is 3.98. The molecule has 1 aromatic carbocycles. The number of nitrogens with one attached hydrogen (secondary N) is 1. The average molecular weight is 339 g/mol. The lowest BCUT2D eigenvalue weighted by molar-refractivity contribution is 0.0911. The van der Waals surface area contributed by atoms with Crippen molar-refractivity contribution in [2.45, 2.75) is 51.5 Å². The average Bonchev–Trinajstić information content (AvgIpc) is 2.44. The van der Waals surface area contributed by atoms with Crippen molar-refractivity contribution < 1.29 is 4.79 Å². The van der Waals surface area contributed by atoms with Gasteiger partial charge in [0.15, 0.2) is 0 Å². The van der Waals surface area contributed by atoms with Gasteiger partial charge in [-0.05, 0) is 43.4 Å². The third-order valence-electron chi connectivity index (χ3n) is 4.16. The minimum absolute atomic E-state index is 0.0181. The Hall–Kier alpha value is -1.03. The molecule has 1 atom stereocenters. The molecule has 0 aliphatic heterocycles. The second kappa shape index (κ2) is 7.11. The fourth-order valence-electron chi connectivity index (χ4n) is 3.08. The Kier molecular flexibility index (Phi) is 5.46.